The molecule has 2 aromatic carbocycles. The van der Waals surface area contributed by atoms with Crippen LogP contribution in [0.15, 0.2) is 47.6 Å². The quantitative estimate of drug-likeness (QED) is 0.413. The van der Waals surface area contributed by atoms with Crippen LogP contribution in [0, 0.1) is 6.92 Å². The highest BCUT2D eigenvalue weighted by atomic mass is 32.2. The lowest BCUT2D eigenvalue weighted by Crippen LogP contribution is -2.06. The van der Waals surface area contributed by atoms with Crippen LogP contribution in [0.5, 0.6) is 5.75 Å². The molecule has 0 N–H and O–H groups in total. The van der Waals surface area contributed by atoms with Gasteiger partial charge in [0.05, 0.1) is 12.9 Å². The number of ether oxygens (including phenoxy) is 1. The van der Waals surface area contributed by atoms with E-state index >= 15 is 0 Å². The van der Waals surface area contributed by atoms with Crippen molar-refractivity contribution < 1.29 is 9.53 Å². The van der Waals surface area contributed by atoms with Gasteiger partial charge in [-0.1, -0.05) is 55.9 Å². The van der Waals surface area contributed by atoms with Crippen LogP contribution >= 0.6 is 11.8 Å². The number of hydrogen-bond donors (Lipinski definition) is 0. The summed E-state index contributed by atoms with van der Waals surface area (Å²) in [7, 11) is 1.61. The molecule has 28 heavy (non-hydrogen) atoms. The van der Waals surface area contributed by atoms with Gasteiger partial charge < -0.3 is 4.74 Å². The SMILES string of the molecule is CC[C@H](C)c1ccc(C(=O)CSc2nnnn2-c2cc(C)ccc2OC)cc1. The van der Waals surface area contributed by atoms with Crippen LogP contribution in [-0.2, 0) is 0 Å². The van der Waals surface area contributed by atoms with Crippen LogP contribution in [0.25, 0.3) is 5.69 Å². The van der Waals surface area contributed by atoms with Gasteiger partial charge in [-0.25, -0.2) is 0 Å². The van der Waals surface area contributed by atoms with Gasteiger partial charge >= 0.3 is 0 Å². The summed E-state index contributed by atoms with van der Waals surface area (Å²) >= 11 is 1.31. The maximum absolute atomic E-state index is 12.6. The molecule has 0 saturated carbocycles. The number of tetrazole rings is 1. The van der Waals surface area contributed by atoms with Gasteiger partial charge in [-0.2, -0.15) is 4.68 Å². The third-order valence-corrected chi connectivity index (χ3v) is 5.67. The summed E-state index contributed by atoms with van der Waals surface area (Å²) < 4.78 is 7.03. The number of aryl methyl sites for hydroxylation is 1. The molecule has 1 atom stereocenters. The number of benzene rings is 2. The Kier molecular flexibility index (Phi) is 6.46. The number of Topliss-reactive ketones (excluding diaryl/α,β-unsaturated/α-hetero) is 1. The largest absolute Gasteiger partial charge is 0.494 e. The highest BCUT2D eigenvalue weighted by molar-refractivity contribution is 7.99. The van der Waals surface area contributed by atoms with E-state index in [0.29, 0.717) is 22.4 Å². The van der Waals surface area contributed by atoms with Crippen molar-refractivity contribution in [2.75, 3.05) is 12.9 Å². The van der Waals surface area contributed by atoms with Crippen molar-refractivity contribution in [2.45, 2.75) is 38.3 Å². The lowest BCUT2D eigenvalue weighted by molar-refractivity contribution is 0.102. The van der Waals surface area contributed by atoms with Crippen molar-refractivity contribution in [3.05, 3.63) is 59.2 Å². The number of carbonyl (C=O) groups is 1. The first-order valence-corrected chi connectivity index (χ1v) is 10.2. The molecule has 0 aliphatic heterocycles. The molecule has 0 aliphatic rings. The maximum Gasteiger partial charge on any atom is 0.214 e. The zero-order chi connectivity index (χ0) is 20.1. The van der Waals surface area contributed by atoms with E-state index in [1.165, 1.54) is 17.3 Å². The third kappa shape index (κ3) is 4.42. The number of nitrogens with zero attached hydrogens (tertiary/aromatic N) is 4. The highest BCUT2D eigenvalue weighted by Crippen LogP contribution is 2.27. The van der Waals surface area contributed by atoms with Gasteiger partial charge in [0.15, 0.2) is 5.78 Å². The summed E-state index contributed by atoms with van der Waals surface area (Å²) in [4.78, 5) is 12.6. The van der Waals surface area contributed by atoms with Crippen LogP contribution in [0.2, 0.25) is 0 Å². The first kappa shape index (κ1) is 20.1. The Morgan fingerprint density at radius 2 is 1.96 bits per heavy atom. The second kappa shape index (κ2) is 9.01. The standard InChI is InChI=1S/C21H24N4O2S/c1-5-15(3)16-7-9-17(10-8-16)19(26)13-28-21-22-23-24-25(21)18-12-14(2)6-11-20(18)27-4/h6-12,15H,5,13H2,1-4H3/t15-/m0/s1. The lowest BCUT2D eigenvalue weighted by atomic mass is 9.97. The molecule has 3 aromatic rings. The molecule has 1 heterocycles. The van der Waals surface area contributed by atoms with Crippen molar-refractivity contribution in [1.82, 2.24) is 20.2 Å². The van der Waals surface area contributed by atoms with E-state index in [0.717, 1.165) is 17.7 Å². The molecule has 1 aromatic heterocycles. The fraction of sp³-hybridized carbons (Fsp3) is 0.333. The topological polar surface area (TPSA) is 69.9 Å². The zero-order valence-electron chi connectivity index (χ0n) is 16.5. The number of hydrogen-bond acceptors (Lipinski definition) is 6. The Bertz CT molecular complexity index is 953. The molecule has 0 radical (unpaired) electrons. The first-order valence-electron chi connectivity index (χ1n) is 9.22. The molecule has 0 fully saturated rings. The fourth-order valence-corrected chi connectivity index (χ4v) is 3.61. The number of methoxy groups -OCH3 is 1. The van der Waals surface area contributed by atoms with Crippen molar-refractivity contribution >= 4 is 17.5 Å². The minimum atomic E-state index is 0.0476. The molecule has 146 valence electrons. The maximum atomic E-state index is 12.6. The molecule has 6 nitrogen and oxygen atoms in total. The van der Waals surface area contributed by atoms with Gasteiger partial charge in [0.2, 0.25) is 5.16 Å². The third-order valence-electron chi connectivity index (χ3n) is 4.75. The van der Waals surface area contributed by atoms with E-state index in [2.05, 4.69) is 29.4 Å². The predicted octanol–water partition coefficient (Wildman–Crippen LogP) is 4.47. The molecule has 0 bridgehead atoms. The molecule has 0 amide bonds. The second-order valence-corrected chi connectivity index (χ2v) is 7.63. The fourth-order valence-electron chi connectivity index (χ4n) is 2.83. The van der Waals surface area contributed by atoms with Gasteiger partial charge in [-0.05, 0) is 52.9 Å². The molecule has 0 spiro atoms. The molecule has 0 unspecified atom stereocenters. The van der Waals surface area contributed by atoms with E-state index in [1.807, 2.05) is 49.4 Å². The Morgan fingerprint density at radius 1 is 1.21 bits per heavy atom. The summed E-state index contributed by atoms with van der Waals surface area (Å²) in [5, 5.41) is 12.5. The zero-order valence-corrected chi connectivity index (χ0v) is 17.4. The van der Waals surface area contributed by atoms with Crippen molar-refractivity contribution in [1.29, 1.82) is 0 Å². The molecular weight excluding hydrogens is 372 g/mol. The van der Waals surface area contributed by atoms with Crippen LogP contribution in [0.1, 0.15) is 47.7 Å². The number of ketones is 1. The van der Waals surface area contributed by atoms with E-state index in [4.69, 9.17) is 4.74 Å². The summed E-state index contributed by atoms with van der Waals surface area (Å²) in [6, 6.07) is 13.7. The number of thioether (sulfide) groups is 1. The molecular formula is C21H24N4O2S. The van der Waals surface area contributed by atoms with Gasteiger partial charge in [-0.15, -0.1) is 5.10 Å². The van der Waals surface area contributed by atoms with Crippen LogP contribution in [0.4, 0.5) is 0 Å². The van der Waals surface area contributed by atoms with Crippen molar-refractivity contribution in [2.24, 2.45) is 0 Å². The number of aromatic nitrogens is 4. The van der Waals surface area contributed by atoms with Crippen molar-refractivity contribution in [3.8, 4) is 11.4 Å². The number of rotatable bonds is 8. The van der Waals surface area contributed by atoms with Crippen molar-refractivity contribution in [3.63, 3.8) is 0 Å². The second-order valence-electron chi connectivity index (χ2n) is 6.69. The van der Waals surface area contributed by atoms with Gasteiger partial charge in [0.1, 0.15) is 11.4 Å². The van der Waals surface area contributed by atoms with Gasteiger partial charge in [0.25, 0.3) is 0 Å². The minimum Gasteiger partial charge on any atom is -0.494 e. The van der Waals surface area contributed by atoms with E-state index < -0.39 is 0 Å². The Balaban J connectivity index is 1.74. The Morgan fingerprint density at radius 3 is 2.64 bits per heavy atom. The summed E-state index contributed by atoms with van der Waals surface area (Å²) in [6.45, 7) is 6.34. The minimum absolute atomic E-state index is 0.0476. The van der Waals surface area contributed by atoms with Gasteiger partial charge in [0, 0.05) is 5.56 Å². The summed E-state index contributed by atoms with van der Waals surface area (Å²) in [6.07, 6.45) is 1.08. The van der Waals surface area contributed by atoms with Crippen LogP contribution in [-0.4, -0.2) is 38.9 Å². The van der Waals surface area contributed by atoms with E-state index in [-0.39, 0.29) is 11.5 Å². The van der Waals surface area contributed by atoms with E-state index in [1.54, 1.807) is 11.8 Å². The van der Waals surface area contributed by atoms with Crippen LogP contribution < -0.4 is 4.74 Å². The van der Waals surface area contributed by atoms with Crippen LogP contribution in [0.3, 0.4) is 0 Å². The molecule has 0 aliphatic carbocycles. The average Bonchev–Trinajstić information content (AvgIpc) is 3.20. The smallest absolute Gasteiger partial charge is 0.214 e. The molecule has 3 rings (SSSR count). The average molecular weight is 397 g/mol. The summed E-state index contributed by atoms with van der Waals surface area (Å²) in [5.41, 5.74) is 3.77. The lowest BCUT2D eigenvalue weighted by Gasteiger charge is -2.10. The molecule has 7 heteroatoms. The van der Waals surface area contributed by atoms with E-state index in [9.17, 15) is 4.79 Å². The predicted molar refractivity (Wildman–Crippen MR) is 111 cm³/mol. The Hall–Kier alpha value is -2.67. The summed E-state index contributed by atoms with van der Waals surface area (Å²) in [5.74, 6) is 1.47. The normalized spacial score (nSPS) is 12.0. The monoisotopic (exact) mass is 396 g/mol. The Labute approximate surface area is 169 Å². The molecule has 0 saturated heterocycles. The highest BCUT2D eigenvalue weighted by Gasteiger charge is 2.16. The van der Waals surface area contributed by atoms with Gasteiger partial charge in [-0.3, -0.25) is 4.79 Å². The number of carbonyl (C=O) groups excluding carboxylic acids is 1. The first-order chi connectivity index (χ1) is 13.5.